The zero-order valence-electron chi connectivity index (χ0n) is 24.6. The summed E-state index contributed by atoms with van der Waals surface area (Å²) in [7, 11) is -8.06. The molecule has 0 radical (unpaired) electrons. The number of nitrogens with one attached hydrogen (secondary N) is 2. The number of benzene rings is 2. The van der Waals surface area contributed by atoms with E-state index in [4.69, 9.17) is 14.3 Å². The number of anilines is 1. The molecule has 3 aromatic rings. The van der Waals surface area contributed by atoms with Crippen LogP contribution in [-0.4, -0.2) is 110 Å². The number of hydroxylamine groups is 1. The minimum Gasteiger partial charge on any atom is -0.465 e. The van der Waals surface area contributed by atoms with E-state index in [2.05, 4.69) is 14.7 Å². The summed E-state index contributed by atoms with van der Waals surface area (Å²) in [6, 6.07) is 11.2. The Morgan fingerprint density at radius 3 is 2.44 bits per heavy atom. The van der Waals surface area contributed by atoms with Crippen LogP contribution in [0.2, 0.25) is 0 Å². The second kappa shape index (κ2) is 14.0. The monoisotopic (exact) mass is 667 g/mol. The minimum atomic E-state index is -4.43. The van der Waals surface area contributed by atoms with Crippen LogP contribution in [-0.2, 0) is 40.8 Å². The van der Waals surface area contributed by atoms with E-state index in [1.54, 1.807) is 24.3 Å². The Morgan fingerprint density at radius 2 is 1.80 bits per heavy atom. The summed E-state index contributed by atoms with van der Waals surface area (Å²) < 4.78 is 65.2. The van der Waals surface area contributed by atoms with E-state index in [1.165, 1.54) is 18.2 Å². The van der Waals surface area contributed by atoms with Crippen molar-refractivity contribution in [2.75, 3.05) is 37.5 Å². The molecule has 5 rings (SSSR count). The average Bonchev–Trinajstić information content (AvgIpc) is 3.65. The molecule has 1 aromatic heterocycles. The van der Waals surface area contributed by atoms with Gasteiger partial charge in [-0.3, -0.25) is 14.5 Å². The Hall–Kier alpha value is -3.32. The molecule has 2 heterocycles. The van der Waals surface area contributed by atoms with Gasteiger partial charge in [-0.2, -0.15) is 0 Å². The molecule has 2 atom stereocenters. The summed E-state index contributed by atoms with van der Waals surface area (Å²) in [4.78, 5) is 26.4. The van der Waals surface area contributed by atoms with Gasteiger partial charge in [0.15, 0.2) is 0 Å². The van der Waals surface area contributed by atoms with Gasteiger partial charge in [-0.05, 0) is 43.0 Å². The van der Waals surface area contributed by atoms with Crippen LogP contribution in [0.3, 0.4) is 0 Å². The molecule has 2 aliphatic rings. The SMILES string of the molecule is CS(=O)(=O)Nc1nc2ccc(S(=O)(=O)N(CC(O)C(Cc3ccccc3)N(C(=O)O)C3COCOC3)OC3CCCC3)cc2[nH]1. The van der Waals surface area contributed by atoms with Gasteiger partial charge in [0, 0.05) is 0 Å². The Labute approximate surface area is 261 Å². The van der Waals surface area contributed by atoms with Gasteiger partial charge in [-0.15, -0.1) is 0 Å². The van der Waals surface area contributed by atoms with Crippen LogP contribution in [0, 0.1) is 0 Å². The lowest BCUT2D eigenvalue weighted by atomic mass is 9.98. The van der Waals surface area contributed by atoms with Crippen LogP contribution in [0.4, 0.5) is 10.7 Å². The molecule has 1 aliphatic heterocycles. The first kappa shape index (κ1) is 33.1. The molecule has 2 aromatic carbocycles. The van der Waals surface area contributed by atoms with Crippen LogP contribution in [0.15, 0.2) is 53.4 Å². The summed E-state index contributed by atoms with van der Waals surface area (Å²) in [6.07, 6.45) is 0.718. The fourth-order valence-electron chi connectivity index (χ4n) is 5.60. The Morgan fingerprint density at radius 1 is 1.11 bits per heavy atom. The quantitative estimate of drug-likeness (QED) is 0.195. The van der Waals surface area contributed by atoms with Crippen molar-refractivity contribution in [3.05, 3.63) is 54.1 Å². The number of hydrogen-bond donors (Lipinski definition) is 4. The van der Waals surface area contributed by atoms with Gasteiger partial charge in [0.05, 0.1) is 66.2 Å². The van der Waals surface area contributed by atoms with Crippen LogP contribution in [0.25, 0.3) is 11.0 Å². The number of sulfonamides is 2. The summed E-state index contributed by atoms with van der Waals surface area (Å²) >= 11 is 0. The number of nitrogens with zero attached hydrogens (tertiary/aromatic N) is 3. The Kier molecular flexibility index (Phi) is 10.3. The maximum Gasteiger partial charge on any atom is 0.408 e. The molecule has 1 aliphatic carbocycles. The lowest BCUT2D eigenvalue weighted by Crippen LogP contribution is -2.59. The highest BCUT2D eigenvalue weighted by Crippen LogP contribution is 2.29. The number of amides is 1. The first-order valence-corrected chi connectivity index (χ1v) is 17.8. The fourth-order valence-corrected chi connectivity index (χ4v) is 7.38. The third kappa shape index (κ3) is 8.29. The van der Waals surface area contributed by atoms with Crippen LogP contribution in [0.5, 0.6) is 0 Å². The number of carboxylic acid groups (broad SMARTS) is 1. The first-order valence-electron chi connectivity index (χ1n) is 14.5. The molecule has 2 unspecified atom stereocenters. The molecule has 4 N–H and O–H groups in total. The van der Waals surface area contributed by atoms with Crippen molar-refractivity contribution in [1.82, 2.24) is 19.3 Å². The molecule has 15 nitrogen and oxygen atoms in total. The number of aromatic amines is 1. The van der Waals surface area contributed by atoms with Gasteiger partial charge in [0.25, 0.3) is 10.0 Å². The molecular formula is C28H37N5O10S2. The average molecular weight is 668 g/mol. The van der Waals surface area contributed by atoms with Gasteiger partial charge in [-0.1, -0.05) is 47.6 Å². The van der Waals surface area contributed by atoms with Gasteiger partial charge >= 0.3 is 6.09 Å². The second-order valence-electron chi connectivity index (χ2n) is 11.2. The minimum absolute atomic E-state index is 0.0175. The van der Waals surface area contributed by atoms with Crippen molar-refractivity contribution in [2.45, 2.75) is 61.3 Å². The molecule has 1 saturated heterocycles. The molecule has 2 fully saturated rings. The van der Waals surface area contributed by atoms with Crippen molar-refractivity contribution in [3.8, 4) is 0 Å². The summed E-state index contributed by atoms with van der Waals surface area (Å²) in [5, 5.41) is 22.0. The lowest BCUT2D eigenvalue weighted by Gasteiger charge is -2.40. The van der Waals surface area contributed by atoms with Crippen molar-refractivity contribution >= 4 is 43.1 Å². The maximum absolute atomic E-state index is 14.1. The number of ether oxygens (including phenoxy) is 2. The largest absolute Gasteiger partial charge is 0.465 e. The molecule has 45 heavy (non-hydrogen) atoms. The van der Waals surface area contributed by atoms with E-state index < -0.39 is 57.0 Å². The van der Waals surface area contributed by atoms with Crippen molar-refractivity contribution < 1.29 is 46.2 Å². The van der Waals surface area contributed by atoms with Crippen LogP contribution < -0.4 is 4.72 Å². The number of fused-ring (bicyclic) bond motifs is 1. The molecule has 0 spiro atoms. The van der Waals surface area contributed by atoms with Gasteiger partial charge in [0.1, 0.15) is 6.79 Å². The standard InChI is InChI=1S/C28H37N5O10S2/c1-44(37,38)31-27-29-23-12-11-22(14-24(23)30-27)45(39,40)32(43-21-9-5-6-10-21)15-26(34)25(13-19-7-3-2-4-8-19)33(28(35)36)20-16-41-18-42-17-20/h2-4,7-8,11-12,14,20-21,25-26,34H,5-6,9-10,13,15-18H2,1H3,(H,35,36)(H2,29,30,31). The van der Waals surface area contributed by atoms with Crippen molar-refractivity contribution in [1.29, 1.82) is 0 Å². The third-order valence-electron chi connectivity index (χ3n) is 7.70. The van der Waals surface area contributed by atoms with E-state index in [1.807, 2.05) is 6.07 Å². The number of carbonyl (C=O) groups is 1. The molecular weight excluding hydrogens is 630 g/mol. The number of rotatable bonds is 13. The summed E-state index contributed by atoms with van der Waals surface area (Å²) in [5.74, 6) is -0.0790. The Bertz CT molecular complexity index is 1670. The number of aliphatic hydroxyl groups is 1. The van der Waals surface area contributed by atoms with Crippen molar-refractivity contribution in [2.24, 2.45) is 0 Å². The number of aromatic nitrogens is 2. The highest BCUT2D eigenvalue weighted by atomic mass is 32.2. The highest BCUT2D eigenvalue weighted by Gasteiger charge is 2.40. The van der Waals surface area contributed by atoms with E-state index in [9.17, 15) is 31.8 Å². The van der Waals surface area contributed by atoms with Crippen LogP contribution >= 0.6 is 0 Å². The van der Waals surface area contributed by atoms with Gasteiger partial charge < -0.3 is 24.7 Å². The molecule has 1 saturated carbocycles. The second-order valence-corrected chi connectivity index (χ2v) is 14.7. The zero-order chi connectivity index (χ0) is 32.2. The first-order chi connectivity index (χ1) is 21.4. The highest BCUT2D eigenvalue weighted by molar-refractivity contribution is 7.92. The van der Waals surface area contributed by atoms with E-state index in [0.29, 0.717) is 18.4 Å². The van der Waals surface area contributed by atoms with E-state index in [-0.39, 0.29) is 42.8 Å². The summed E-state index contributed by atoms with van der Waals surface area (Å²) in [6.45, 7) is -0.462. The molecule has 17 heteroatoms. The third-order valence-corrected chi connectivity index (χ3v) is 9.88. The number of hydrogen-bond acceptors (Lipinski definition) is 10. The maximum atomic E-state index is 14.1. The number of imidazole rings is 1. The Balaban J connectivity index is 1.48. The lowest BCUT2D eigenvalue weighted by molar-refractivity contribution is -0.159. The predicted molar refractivity (Wildman–Crippen MR) is 162 cm³/mol. The van der Waals surface area contributed by atoms with Gasteiger partial charge in [0.2, 0.25) is 16.0 Å². The van der Waals surface area contributed by atoms with E-state index in [0.717, 1.165) is 34.0 Å². The molecule has 0 bridgehead atoms. The summed E-state index contributed by atoms with van der Waals surface area (Å²) in [5.41, 5.74) is 1.31. The fraction of sp³-hybridized carbons (Fsp3) is 0.500. The van der Waals surface area contributed by atoms with E-state index >= 15 is 0 Å². The normalized spacial score (nSPS) is 18.3. The molecule has 246 valence electrons. The number of aliphatic hydroxyl groups excluding tert-OH is 1. The topological polar surface area (TPSA) is 201 Å². The predicted octanol–water partition coefficient (Wildman–Crippen LogP) is 2.12. The van der Waals surface area contributed by atoms with Crippen LogP contribution in [0.1, 0.15) is 31.2 Å². The zero-order valence-corrected chi connectivity index (χ0v) is 26.2. The molecule has 1 amide bonds. The number of H-pyrrole nitrogens is 1. The van der Waals surface area contributed by atoms with Gasteiger partial charge in [-0.25, -0.2) is 26.6 Å². The van der Waals surface area contributed by atoms with Crippen molar-refractivity contribution in [3.63, 3.8) is 0 Å². The smallest absolute Gasteiger partial charge is 0.408 e.